The van der Waals surface area contributed by atoms with Crippen molar-refractivity contribution in [1.29, 1.82) is 0 Å². The van der Waals surface area contributed by atoms with E-state index in [1.54, 1.807) is 0 Å². The highest BCUT2D eigenvalue weighted by Crippen LogP contribution is 2.31. The standard InChI is InChI=1S/C18H25N3/c1-3-10-19-13-16-12-15-8-4-5-9-17(15)18(20-16)21-11-6-7-14(21)2/h4-5,8-9,12,14,19H,3,6-7,10-11,13H2,1-2H3. The van der Waals surface area contributed by atoms with Gasteiger partial charge in [0.2, 0.25) is 0 Å². The van der Waals surface area contributed by atoms with E-state index in [0.29, 0.717) is 6.04 Å². The minimum atomic E-state index is 0.597. The second-order valence-corrected chi connectivity index (χ2v) is 6.02. The Kier molecular flexibility index (Phi) is 4.39. The van der Waals surface area contributed by atoms with E-state index in [0.717, 1.165) is 31.7 Å². The summed E-state index contributed by atoms with van der Waals surface area (Å²) in [6, 6.07) is 11.4. The summed E-state index contributed by atoms with van der Waals surface area (Å²) in [4.78, 5) is 7.45. The van der Waals surface area contributed by atoms with Crippen LogP contribution in [0.15, 0.2) is 30.3 Å². The van der Waals surface area contributed by atoms with Crippen LogP contribution in [0.5, 0.6) is 0 Å². The highest BCUT2D eigenvalue weighted by Gasteiger charge is 2.23. The number of hydrogen-bond donors (Lipinski definition) is 1. The van der Waals surface area contributed by atoms with Gasteiger partial charge >= 0.3 is 0 Å². The molecule has 2 aromatic rings. The van der Waals surface area contributed by atoms with Gasteiger partial charge in [0.1, 0.15) is 5.82 Å². The van der Waals surface area contributed by atoms with E-state index in [1.807, 2.05) is 0 Å². The predicted octanol–water partition coefficient (Wildman–Crippen LogP) is 3.72. The van der Waals surface area contributed by atoms with Crippen LogP contribution in [0.25, 0.3) is 10.8 Å². The lowest BCUT2D eigenvalue weighted by atomic mass is 10.1. The number of nitrogens with one attached hydrogen (secondary N) is 1. The predicted molar refractivity (Wildman–Crippen MR) is 89.8 cm³/mol. The average Bonchev–Trinajstić information content (AvgIpc) is 2.93. The number of hydrogen-bond acceptors (Lipinski definition) is 3. The topological polar surface area (TPSA) is 28.2 Å². The Bertz CT molecular complexity index is 608. The number of nitrogens with zero attached hydrogens (tertiary/aromatic N) is 2. The van der Waals surface area contributed by atoms with Crippen LogP contribution >= 0.6 is 0 Å². The minimum Gasteiger partial charge on any atom is -0.353 e. The number of pyridine rings is 1. The van der Waals surface area contributed by atoms with Crippen molar-refractivity contribution in [1.82, 2.24) is 10.3 Å². The Labute approximate surface area is 127 Å². The van der Waals surface area contributed by atoms with Gasteiger partial charge in [0.25, 0.3) is 0 Å². The summed E-state index contributed by atoms with van der Waals surface area (Å²) < 4.78 is 0. The van der Waals surface area contributed by atoms with E-state index >= 15 is 0 Å². The fourth-order valence-electron chi connectivity index (χ4n) is 3.19. The minimum absolute atomic E-state index is 0.597. The number of rotatable bonds is 5. The molecule has 1 N–H and O–H groups in total. The Morgan fingerprint density at radius 3 is 2.95 bits per heavy atom. The molecule has 112 valence electrons. The summed E-state index contributed by atoms with van der Waals surface area (Å²) in [7, 11) is 0. The zero-order valence-electron chi connectivity index (χ0n) is 13.1. The molecule has 0 bridgehead atoms. The van der Waals surface area contributed by atoms with Crippen LogP contribution < -0.4 is 10.2 Å². The molecule has 1 saturated heterocycles. The highest BCUT2D eigenvalue weighted by molar-refractivity contribution is 5.92. The molecule has 0 aliphatic carbocycles. The van der Waals surface area contributed by atoms with Crippen LogP contribution in [0.1, 0.15) is 38.8 Å². The summed E-state index contributed by atoms with van der Waals surface area (Å²) in [5.41, 5.74) is 1.15. The van der Waals surface area contributed by atoms with Gasteiger partial charge in [0.05, 0.1) is 5.69 Å². The lowest BCUT2D eigenvalue weighted by Crippen LogP contribution is -2.28. The molecule has 1 aromatic carbocycles. The van der Waals surface area contributed by atoms with Crippen LogP contribution in [-0.2, 0) is 6.54 Å². The third-order valence-corrected chi connectivity index (χ3v) is 4.33. The molecule has 3 rings (SSSR count). The molecule has 1 aliphatic rings. The quantitative estimate of drug-likeness (QED) is 0.848. The Balaban J connectivity index is 1.99. The SMILES string of the molecule is CCCNCc1cc2ccccc2c(N2CCCC2C)n1. The van der Waals surface area contributed by atoms with Crippen molar-refractivity contribution in [2.45, 2.75) is 45.7 Å². The molecule has 0 radical (unpaired) electrons. The first kappa shape index (κ1) is 14.3. The molecule has 1 unspecified atom stereocenters. The van der Waals surface area contributed by atoms with Crippen molar-refractivity contribution in [3.63, 3.8) is 0 Å². The number of aromatic nitrogens is 1. The molecule has 21 heavy (non-hydrogen) atoms. The van der Waals surface area contributed by atoms with E-state index in [4.69, 9.17) is 4.98 Å². The summed E-state index contributed by atoms with van der Waals surface area (Å²) in [5.74, 6) is 1.17. The van der Waals surface area contributed by atoms with E-state index in [9.17, 15) is 0 Å². The zero-order chi connectivity index (χ0) is 14.7. The molecule has 3 nitrogen and oxygen atoms in total. The molecule has 2 heterocycles. The number of fused-ring (bicyclic) bond motifs is 1. The van der Waals surface area contributed by atoms with Gasteiger partial charge in [-0.3, -0.25) is 0 Å². The van der Waals surface area contributed by atoms with Crippen molar-refractivity contribution in [2.24, 2.45) is 0 Å². The van der Waals surface area contributed by atoms with E-state index in [2.05, 4.69) is 54.4 Å². The summed E-state index contributed by atoms with van der Waals surface area (Å²) in [5, 5.41) is 6.05. The molecule has 1 atom stereocenters. The van der Waals surface area contributed by atoms with E-state index in [1.165, 1.54) is 29.4 Å². The average molecular weight is 283 g/mol. The smallest absolute Gasteiger partial charge is 0.137 e. The largest absolute Gasteiger partial charge is 0.353 e. The van der Waals surface area contributed by atoms with Gasteiger partial charge in [0.15, 0.2) is 0 Å². The monoisotopic (exact) mass is 283 g/mol. The fraction of sp³-hybridized carbons (Fsp3) is 0.500. The van der Waals surface area contributed by atoms with Crippen molar-refractivity contribution in [3.8, 4) is 0 Å². The van der Waals surface area contributed by atoms with Gasteiger partial charge in [-0.2, -0.15) is 0 Å². The van der Waals surface area contributed by atoms with Crippen LogP contribution in [0.4, 0.5) is 5.82 Å². The molecular weight excluding hydrogens is 258 g/mol. The molecule has 1 aromatic heterocycles. The van der Waals surface area contributed by atoms with Gasteiger partial charge in [-0.15, -0.1) is 0 Å². The first-order valence-electron chi connectivity index (χ1n) is 8.15. The Morgan fingerprint density at radius 2 is 2.19 bits per heavy atom. The van der Waals surface area contributed by atoms with Crippen molar-refractivity contribution < 1.29 is 0 Å². The van der Waals surface area contributed by atoms with E-state index in [-0.39, 0.29) is 0 Å². The van der Waals surface area contributed by atoms with Crippen LogP contribution in [0.3, 0.4) is 0 Å². The lowest BCUT2D eigenvalue weighted by molar-refractivity contribution is 0.662. The Hall–Kier alpha value is -1.61. The van der Waals surface area contributed by atoms with E-state index < -0.39 is 0 Å². The van der Waals surface area contributed by atoms with Gasteiger partial charge in [-0.05, 0) is 44.2 Å². The second-order valence-electron chi connectivity index (χ2n) is 6.02. The normalized spacial score (nSPS) is 18.6. The van der Waals surface area contributed by atoms with Crippen LogP contribution in [0.2, 0.25) is 0 Å². The molecule has 1 fully saturated rings. The second kappa shape index (κ2) is 6.44. The van der Waals surface area contributed by atoms with Gasteiger partial charge < -0.3 is 10.2 Å². The van der Waals surface area contributed by atoms with Gasteiger partial charge in [-0.25, -0.2) is 4.98 Å². The maximum Gasteiger partial charge on any atom is 0.137 e. The first-order valence-corrected chi connectivity index (χ1v) is 8.15. The van der Waals surface area contributed by atoms with Crippen LogP contribution in [0, 0.1) is 0 Å². The van der Waals surface area contributed by atoms with Crippen LogP contribution in [-0.4, -0.2) is 24.1 Å². The van der Waals surface area contributed by atoms with Crippen molar-refractivity contribution >= 4 is 16.6 Å². The van der Waals surface area contributed by atoms with Gasteiger partial charge in [-0.1, -0.05) is 31.2 Å². The fourth-order valence-corrected chi connectivity index (χ4v) is 3.19. The lowest BCUT2D eigenvalue weighted by Gasteiger charge is -2.25. The Morgan fingerprint density at radius 1 is 1.33 bits per heavy atom. The molecule has 0 spiro atoms. The number of benzene rings is 1. The molecule has 0 amide bonds. The maximum atomic E-state index is 4.97. The highest BCUT2D eigenvalue weighted by atomic mass is 15.2. The van der Waals surface area contributed by atoms with Gasteiger partial charge in [0, 0.05) is 24.5 Å². The zero-order valence-corrected chi connectivity index (χ0v) is 13.1. The summed E-state index contributed by atoms with van der Waals surface area (Å²) in [6.45, 7) is 7.53. The summed E-state index contributed by atoms with van der Waals surface area (Å²) in [6.07, 6.45) is 3.70. The molecular formula is C18H25N3. The number of anilines is 1. The molecule has 3 heteroatoms. The first-order chi connectivity index (χ1) is 10.3. The summed E-state index contributed by atoms with van der Waals surface area (Å²) >= 11 is 0. The maximum absolute atomic E-state index is 4.97. The third-order valence-electron chi connectivity index (χ3n) is 4.33. The van der Waals surface area contributed by atoms with Crippen molar-refractivity contribution in [3.05, 3.63) is 36.0 Å². The third kappa shape index (κ3) is 3.03. The van der Waals surface area contributed by atoms with Crippen molar-refractivity contribution in [2.75, 3.05) is 18.0 Å². The molecule has 0 saturated carbocycles. The molecule has 1 aliphatic heterocycles.